The Kier molecular flexibility index (Phi) is 308. The first-order valence-corrected chi connectivity index (χ1v) is 1.98. The molecule has 0 spiro atoms. The van der Waals surface area contributed by atoms with Crippen molar-refractivity contribution in [3.63, 3.8) is 0 Å². The van der Waals surface area contributed by atoms with Gasteiger partial charge in [0.1, 0.15) is 0 Å². The summed E-state index contributed by atoms with van der Waals surface area (Å²) in [6.07, 6.45) is 0. The van der Waals surface area contributed by atoms with Crippen molar-refractivity contribution >= 4 is 25.9 Å². The fraction of sp³-hybridized carbons (Fsp3) is 0. The van der Waals surface area contributed by atoms with Crippen molar-refractivity contribution in [3.8, 4) is 0 Å². The Morgan fingerprint density at radius 3 is 0.538 bits per heavy atom. The number of carboxylic acid groups (broad SMARTS) is 4. The Balaban J connectivity index is -0.0000000213. The van der Waals surface area contributed by atoms with Crippen LogP contribution < -0.4 is 0 Å². The second kappa shape index (κ2) is 134. The quantitative estimate of drug-likeness (QED) is 0.403. The van der Waals surface area contributed by atoms with Crippen molar-refractivity contribution in [1.29, 1.82) is 0 Å². The second-order valence-electron chi connectivity index (χ2n) is 0.422. The van der Waals surface area contributed by atoms with E-state index in [2.05, 4.69) is 0 Å². The maximum Gasteiger partial charge on any atom is 0.290 e. The van der Waals surface area contributed by atoms with Crippen LogP contribution in [-0.2, 0) is 45.4 Å². The Morgan fingerprint density at radius 1 is 0.538 bits per heavy atom. The molecule has 76 valence electrons. The van der Waals surface area contributed by atoms with E-state index in [0.717, 1.165) is 0 Å². The summed E-state index contributed by atoms with van der Waals surface area (Å²) in [5.41, 5.74) is 0. The summed E-state index contributed by atoms with van der Waals surface area (Å²) in [5, 5.41) is 27.6. The molecule has 0 aromatic carbocycles. The molecule has 13 heavy (non-hydrogen) atoms. The van der Waals surface area contributed by atoms with E-state index in [1.807, 2.05) is 0 Å². The van der Waals surface area contributed by atoms with Gasteiger partial charge >= 0.3 is 0 Å². The summed E-state index contributed by atoms with van der Waals surface area (Å²) in [4.78, 5) is 33.4. The Labute approximate surface area is 91.9 Å². The predicted molar refractivity (Wildman–Crippen MR) is 34.8 cm³/mol. The third-order valence-electron chi connectivity index (χ3n) is 0. The molecule has 0 bridgehead atoms. The molecular weight excluding hydrogens is 267 g/mol. The summed E-state index contributed by atoms with van der Waals surface area (Å²) >= 11 is 0. The van der Waals surface area contributed by atoms with Crippen LogP contribution in [0.5, 0.6) is 0 Å². The van der Waals surface area contributed by atoms with E-state index in [1.54, 1.807) is 0 Å². The standard InChI is InChI=1S/4CH2O2.Zr/c4*2-1-3;/h4*1H,(H,2,3);. The molecule has 0 aromatic rings. The molecule has 0 aromatic heterocycles. The SMILES string of the molecule is O=CO.O=CO.O=CO.O=CO.[Zr]. The van der Waals surface area contributed by atoms with Gasteiger partial charge < -0.3 is 20.4 Å². The Bertz CT molecular complexity index is 70.1. The van der Waals surface area contributed by atoms with Gasteiger partial charge in [-0.1, -0.05) is 0 Å². The summed E-state index contributed by atoms with van der Waals surface area (Å²) in [6, 6.07) is 0. The fourth-order valence-electron chi connectivity index (χ4n) is 0. The number of rotatable bonds is 0. The zero-order chi connectivity index (χ0) is 10.8. The van der Waals surface area contributed by atoms with Crippen LogP contribution in [0.3, 0.4) is 0 Å². The Hall–Kier alpha value is -1.24. The molecule has 9 heteroatoms. The van der Waals surface area contributed by atoms with Gasteiger partial charge in [0.15, 0.2) is 0 Å². The van der Waals surface area contributed by atoms with Crippen LogP contribution in [0.2, 0.25) is 0 Å². The van der Waals surface area contributed by atoms with Gasteiger partial charge in [0.25, 0.3) is 25.9 Å². The van der Waals surface area contributed by atoms with Gasteiger partial charge in [0.05, 0.1) is 0 Å². The second-order valence-corrected chi connectivity index (χ2v) is 0.422. The van der Waals surface area contributed by atoms with Crippen LogP contribution >= 0.6 is 0 Å². The largest absolute Gasteiger partial charge is 0.483 e. The molecule has 8 nitrogen and oxygen atoms in total. The molecule has 0 aliphatic carbocycles. The number of carbonyl (C=O) groups is 4. The summed E-state index contributed by atoms with van der Waals surface area (Å²) in [5.74, 6) is 0. The van der Waals surface area contributed by atoms with Crippen molar-refractivity contribution < 1.29 is 65.8 Å². The van der Waals surface area contributed by atoms with Crippen molar-refractivity contribution in [1.82, 2.24) is 0 Å². The molecule has 0 radical (unpaired) electrons. The molecule has 0 heterocycles. The van der Waals surface area contributed by atoms with Gasteiger partial charge in [-0.2, -0.15) is 0 Å². The van der Waals surface area contributed by atoms with E-state index < -0.39 is 0 Å². The topological polar surface area (TPSA) is 149 Å². The molecule has 0 aliphatic rings. The van der Waals surface area contributed by atoms with E-state index >= 15 is 0 Å². The molecule has 0 saturated heterocycles. The Morgan fingerprint density at radius 2 is 0.538 bits per heavy atom. The van der Waals surface area contributed by atoms with Crippen LogP contribution in [0, 0.1) is 0 Å². The maximum atomic E-state index is 8.36. The summed E-state index contributed by atoms with van der Waals surface area (Å²) < 4.78 is 0. The van der Waals surface area contributed by atoms with Crippen molar-refractivity contribution in [3.05, 3.63) is 0 Å². The van der Waals surface area contributed by atoms with Crippen LogP contribution in [-0.4, -0.2) is 46.3 Å². The zero-order valence-electron chi connectivity index (χ0n) is 6.23. The van der Waals surface area contributed by atoms with Gasteiger partial charge in [-0.25, -0.2) is 0 Å². The first kappa shape index (κ1) is 29.8. The van der Waals surface area contributed by atoms with Gasteiger partial charge in [-0.3, -0.25) is 19.2 Å². The normalized spacial score (nSPS) is 3.69. The van der Waals surface area contributed by atoms with Crippen molar-refractivity contribution in [2.24, 2.45) is 0 Å². The van der Waals surface area contributed by atoms with Gasteiger partial charge in [0, 0.05) is 26.2 Å². The molecule has 0 rings (SSSR count). The molecule has 0 unspecified atom stereocenters. The molecule has 0 atom stereocenters. The van der Waals surface area contributed by atoms with Crippen LogP contribution in [0.1, 0.15) is 0 Å². The zero-order valence-corrected chi connectivity index (χ0v) is 8.69. The minimum atomic E-state index is -0.250. The molecule has 0 aliphatic heterocycles. The van der Waals surface area contributed by atoms with E-state index in [1.165, 1.54) is 0 Å². The summed E-state index contributed by atoms with van der Waals surface area (Å²) in [6.45, 7) is -1.00. The molecule has 0 fully saturated rings. The van der Waals surface area contributed by atoms with E-state index in [9.17, 15) is 0 Å². The van der Waals surface area contributed by atoms with Crippen LogP contribution in [0.25, 0.3) is 0 Å². The van der Waals surface area contributed by atoms with Gasteiger partial charge in [-0.15, -0.1) is 0 Å². The summed E-state index contributed by atoms with van der Waals surface area (Å²) in [7, 11) is 0. The third-order valence-corrected chi connectivity index (χ3v) is 0. The van der Waals surface area contributed by atoms with E-state index in [-0.39, 0.29) is 52.1 Å². The first-order valence-electron chi connectivity index (χ1n) is 1.98. The van der Waals surface area contributed by atoms with Crippen molar-refractivity contribution in [2.45, 2.75) is 0 Å². The average molecular weight is 275 g/mol. The number of hydrogen-bond acceptors (Lipinski definition) is 4. The first-order chi connectivity index (χ1) is 5.66. The monoisotopic (exact) mass is 274 g/mol. The minimum Gasteiger partial charge on any atom is -0.483 e. The van der Waals surface area contributed by atoms with Crippen LogP contribution in [0.4, 0.5) is 0 Å². The molecule has 0 amide bonds. The molecular formula is C4H8O8Zr. The van der Waals surface area contributed by atoms with Gasteiger partial charge in [-0.05, 0) is 0 Å². The van der Waals surface area contributed by atoms with E-state index in [0.29, 0.717) is 0 Å². The smallest absolute Gasteiger partial charge is 0.290 e. The van der Waals surface area contributed by atoms with Crippen molar-refractivity contribution in [2.75, 3.05) is 0 Å². The maximum absolute atomic E-state index is 8.36. The number of hydrogen-bond donors (Lipinski definition) is 4. The minimum absolute atomic E-state index is 0. The average Bonchev–Trinajstić information content (AvgIpc) is 1.92. The van der Waals surface area contributed by atoms with Crippen LogP contribution in [0.15, 0.2) is 0 Å². The fourth-order valence-corrected chi connectivity index (χ4v) is 0. The third kappa shape index (κ3) is 540. The van der Waals surface area contributed by atoms with E-state index in [4.69, 9.17) is 39.6 Å². The predicted octanol–water partition coefficient (Wildman–Crippen LogP) is -1.20. The molecule has 4 N–H and O–H groups in total. The molecule has 0 saturated carbocycles. The van der Waals surface area contributed by atoms with Gasteiger partial charge in [0.2, 0.25) is 0 Å².